The minimum atomic E-state index is -0.193. The SMILES string of the molecule is CCCC1CCC(C(N)Cc2cccc(F)c2Br)CC1. The molecule has 112 valence electrons. The second kappa shape index (κ2) is 7.56. The van der Waals surface area contributed by atoms with Crippen molar-refractivity contribution in [3.63, 3.8) is 0 Å². The number of halogens is 2. The molecule has 0 bridgehead atoms. The fourth-order valence-electron chi connectivity index (χ4n) is 3.44. The summed E-state index contributed by atoms with van der Waals surface area (Å²) in [7, 11) is 0. The van der Waals surface area contributed by atoms with E-state index in [1.165, 1.54) is 44.6 Å². The molecule has 1 fully saturated rings. The third-order valence-corrected chi connectivity index (χ3v) is 5.57. The molecule has 0 aliphatic heterocycles. The van der Waals surface area contributed by atoms with Crippen LogP contribution in [0.3, 0.4) is 0 Å². The van der Waals surface area contributed by atoms with E-state index in [9.17, 15) is 4.39 Å². The van der Waals surface area contributed by atoms with Gasteiger partial charge in [-0.05, 0) is 58.7 Å². The third kappa shape index (κ3) is 4.05. The molecule has 1 aromatic rings. The van der Waals surface area contributed by atoms with Crippen molar-refractivity contribution in [2.75, 3.05) is 0 Å². The van der Waals surface area contributed by atoms with E-state index in [1.807, 2.05) is 6.07 Å². The van der Waals surface area contributed by atoms with Gasteiger partial charge in [0, 0.05) is 6.04 Å². The average Bonchev–Trinajstić information content (AvgIpc) is 2.45. The average molecular weight is 342 g/mol. The van der Waals surface area contributed by atoms with Crippen LogP contribution < -0.4 is 5.73 Å². The van der Waals surface area contributed by atoms with Crippen LogP contribution in [0, 0.1) is 17.7 Å². The van der Waals surface area contributed by atoms with Gasteiger partial charge in [-0.25, -0.2) is 4.39 Å². The van der Waals surface area contributed by atoms with E-state index in [0.717, 1.165) is 17.9 Å². The fraction of sp³-hybridized carbons (Fsp3) is 0.647. The second-order valence-corrected chi connectivity index (χ2v) is 6.94. The molecule has 0 spiro atoms. The Morgan fingerprint density at radius 1 is 1.30 bits per heavy atom. The highest BCUT2D eigenvalue weighted by Crippen LogP contribution is 2.34. The minimum absolute atomic E-state index is 0.149. The van der Waals surface area contributed by atoms with Crippen molar-refractivity contribution in [1.82, 2.24) is 0 Å². The summed E-state index contributed by atoms with van der Waals surface area (Å²) < 4.78 is 14.1. The first-order valence-electron chi connectivity index (χ1n) is 7.80. The summed E-state index contributed by atoms with van der Waals surface area (Å²) in [5, 5.41) is 0. The summed E-state index contributed by atoms with van der Waals surface area (Å²) >= 11 is 3.33. The van der Waals surface area contributed by atoms with Crippen LogP contribution in [0.1, 0.15) is 51.0 Å². The number of nitrogens with two attached hydrogens (primary N) is 1. The largest absolute Gasteiger partial charge is 0.327 e. The van der Waals surface area contributed by atoms with Crippen molar-refractivity contribution in [2.45, 2.75) is 57.9 Å². The Hall–Kier alpha value is -0.410. The Morgan fingerprint density at radius 3 is 2.65 bits per heavy atom. The van der Waals surface area contributed by atoms with Crippen LogP contribution in [0.5, 0.6) is 0 Å². The first-order chi connectivity index (χ1) is 9.61. The third-order valence-electron chi connectivity index (χ3n) is 4.68. The number of hydrogen-bond acceptors (Lipinski definition) is 1. The summed E-state index contributed by atoms with van der Waals surface area (Å²) in [5.74, 6) is 1.31. The van der Waals surface area contributed by atoms with Gasteiger partial charge < -0.3 is 5.73 Å². The van der Waals surface area contributed by atoms with Crippen molar-refractivity contribution in [1.29, 1.82) is 0 Å². The molecule has 2 rings (SSSR count). The molecule has 1 aliphatic carbocycles. The van der Waals surface area contributed by atoms with Crippen LogP contribution in [-0.2, 0) is 6.42 Å². The molecule has 1 atom stereocenters. The van der Waals surface area contributed by atoms with Crippen LogP contribution in [-0.4, -0.2) is 6.04 Å². The molecule has 0 amide bonds. The summed E-state index contributed by atoms with van der Waals surface area (Å²) in [6.07, 6.45) is 8.51. The highest BCUT2D eigenvalue weighted by Gasteiger charge is 2.25. The van der Waals surface area contributed by atoms with Crippen LogP contribution in [0.25, 0.3) is 0 Å². The van der Waals surface area contributed by atoms with Gasteiger partial charge in [0.1, 0.15) is 5.82 Å². The van der Waals surface area contributed by atoms with Crippen LogP contribution in [0.4, 0.5) is 4.39 Å². The first-order valence-corrected chi connectivity index (χ1v) is 8.59. The standard InChI is InChI=1S/C17H25BrFN/c1-2-4-12-7-9-13(10-8-12)16(20)11-14-5-3-6-15(19)17(14)18/h3,5-6,12-13,16H,2,4,7-11,20H2,1H3. The van der Waals surface area contributed by atoms with Gasteiger partial charge in [-0.15, -0.1) is 0 Å². The van der Waals surface area contributed by atoms with Gasteiger partial charge in [0.2, 0.25) is 0 Å². The van der Waals surface area contributed by atoms with E-state index >= 15 is 0 Å². The molecule has 1 aliphatic rings. The van der Waals surface area contributed by atoms with Gasteiger partial charge in [0.25, 0.3) is 0 Å². The van der Waals surface area contributed by atoms with E-state index < -0.39 is 0 Å². The van der Waals surface area contributed by atoms with Gasteiger partial charge in [-0.1, -0.05) is 44.7 Å². The lowest BCUT2D eigenvalue weighted by Gasteiger charge is -2.32. The molecule has 1 aromatic carbocycles. The highest BCUT2D eigenvalue weighted by atomic mass is 79.9. The topological polar surface area (TPSA) is 26.0 Å². The Morgan fingerprint density at radius 2 is 2.00 bits per heavy atom. The maximum Gasteiger partial charge on any atom is 0.137 e. The lowest BCUT2D eigenvalue weighted by atomic mass is 9.76. The van der Waals surface area contributed by atoms with Gasteiger partial charge in [0.15, 0.2) is 0 Å². The number of benzene rings is 1. The Balaban J connectivity index is 1.89. The Labute approximate surface area is 130 Å². The number of rotatable bonds is 5. The molecule has 3 heteroatoms. The zero-order valence-corrected chi connectivity index (χ0v) is 13.8. The molecule has 1 saturated carbocycles. The predicted octanol–water partition coefficient (Wildman–Crippen LogP) is 5.06. The molecule has 1 nitrogen and oxygen atoms in total. The molecular weight excluding hydrogens is 317 g/mol. The highest BCUT2D eigenvalue weighted by molar-refractivity contribution is 9.10. The first kappa shape index (κ1) is 16.0. The van der Waals surface area contributed by atoms with E-state index in [2.05, 4.69) is 22.9 Å². The van der Waals surface area contributed by atoms with Crippen molar-refractivity contribution in [2.24, 2.45) is 17.6 Å². The number of hydrogen-bond donors (Lipinski definition) is 1. The summed E-state index contributed by atoms with van der Waals surface area (Å²) in [6, 6.07) is 5.36. The quantitative estimate of drug-likeness (QED) is 0.795. The monoisotopic (exact) mass is 341 g/mol. The second-order valence-electron chi connectivity index (χ2n) is 6.15. The fourth-order valence-corrected chi connectivity index (χ4v) is 3.87. The molecule has 0 heterocycles. The van der Waals surface area contributed by atoms with Crippen LogP contribution in [0.2, 0.25) is 0 Å². The predicted molar refractivity (Wildman–Crippen MR) is 86.1 cm³/mol. The maximum atomic E-state index is 13.5. The summed E-state index contributed by atoms with van der Waals surface area (Å²) in [6.45, 7) is 2.26. The molecular formula is C17H25BrFN. The van der Waals surface area contributed by atoms with E-state index in [0.29, 0.717) is 10.4 Å². The smallest absolute Gasteiger partial charge is 0.137 e. The Bertz CT molecular complexity index is 427. The van der Waals surface area contributed by atoms with Crippen molar-refractivity contribution in [3.8, 4) is 0 Å². The van der Waals surface area contributed by atoms with E-state index in [4.69, 9.17) is 5.73 Å². The van der Waals surface area contributed by atoms with E-state index in [1.54, 1.807) is 6.07 Å². The Kier molecular flexibility index (Phi) is 6.03. The molecule has 2 N–H and O–H groups in total. The van der Waals surface area contributed by atoms with Crippen molar-refractivity contribution in [3.05, 3.63) is 34.1 Å². The lowest BCUT2D eigenvalue weighted by Crippen LogP contribution is -2.35. The molecule has 20 heavy (non-hydrogen) atoms. The maximum absolute atomic E-state index is 13.5. The minimum Gasteiger partial charge on any atom is -0.327 e. The molecule has 0 saturated heterocycles. The summed E-state index contributed by atoms with van der Waals surface area (Å²) in [4.78, 5) is 0. The van der Waals surface area contributed by atoms with Crippen molar-refractivity contribution >= 4 is 15.9 Å². The van der Waals surface area contributed by atoms with Gasteiger partial charge in [-0.3, -0.25) is 0 Å². The lowest BCUT2D eigenvalue weighted by molar-refractivity contribution is 0.232. The van der Waals surface area contributed by atoms with Crippen LogP contribution in [0.15, 0.2) is 22.7 Å². The van der Waals surface area contributed by atoms with Gasteiger partial charge in [-0.2, -0.15) is 0 Å². The normalized spacial score (nSPS) is 24.6. The van der Waals surface area contributed by atoms with Crippen molar-refractivity contribution < 1.29 is 4.39 Å². The zero-order chi connectivity index (χ0) is 14.5. The molecule has 1 unspecified atom stereocenters. The van der Waals surface area contributed by atoms with E-state index in [-0.39, 0.29) is 11.9 Å². The van der Waals surface area contributed by atoms with Crippen LogP contribution >= 0.6 is 15.9 Å². The van der Waals surface area contributed by atoms with Gasteiger partial charge >= 0.3 is 0 Å². The molecule has 0 radical (unpaired) electrons. The molecule has 0 aromatic heterocycles. The zero-order valence-electron chi connectivity index (χ0n) is 12.2. The van der Waals surface area contributed by atoms with Gasteiger partial charge in [0.05, 0.1) is 4.47 Å². The summed E-state index contributed by atoms with van der Waals surface area (Å²) in [5.41, 5.74) is 7.37.